The summed E-state index contributed by atoms with van der Waals surface area (Å²) in [6, 6.07) is 6.76. The summed E-state index contributed by atoms with van der Waals surface area (Å²) in [6.07, 6.45) is -0.431. The second kappa shape index (κ2) is 6.89. The van der Waals surface area contributed by atoms with Crippen molar-refractivity contribution in [1.29, 1.82) is 0 Å². The Balaban J connectivity index is 2.59. The Bertz CT molecular complexity index is 439. The van der Waals surface area contributed by atoms with Crippen LogP contribution in [0.25, 0.3) is 0 Å². The molecular formula is C14H19NO4. The highest BCUT2D eigenvalue weighted by molar-refractivity contribution is 5.80. The smallest absolute Gasteiger partial charge is 0.321 e. The van der Waals surface area contributed by atoms with Crippen LogP contribution in [0.2, 0.25) is 0 Å². The number of carbonyl (C=O) groups is 2. The standard InChI is InChI=1S/C14H19NO4/c1-9(2)11-5-3-10(4-6-11)8-15-12(14(18)19)7-13(16)17/h3-6,9,12,15H,7-8H2,1-2H3,(H,16,17)(H,18,19). The molecule has 0 aliphatic heterocycles. The Labute approximate surface area is 112 Å². The molecule has 1 rings (SSSR count). The molecule has 0 fully saturated rings. The predicted octanol–water partition coefficient (Wildman–Crippen LogP) is 1.83. The highest BCUT2D eigenvalue weighted by atomic mass is 16.4. The van der Waals surface area contributed by atoms with Crippen molar-refractivity contribution in [2.24, 2.45) is 0 Å². The van der Waals surface area contributed by atoms with Gasteiger partial charge in [-0.3, -0.25) is 14.9 Å². The lowest BCUT2D eigenvalue weighted by Crippen LogP contribution is -2.38. The minimum Gasteiger partial charge on any atom is -0.481 e. The van der Waals surface area contributed by atoms with Gasteiger partial charge in [0.15, 0.2) is 0 Å². The first-order chi connectivity index (χ1) is 8.90. The summed E-state index contributed by atoms with van der Waals surface area (Å²) in [7, 11) is 0. The minimum absolute atomic E-state index is 0.336. The second-order valence-corrected chi connectivity index (χ2v) is 4.77. The fraction of sp³-hybridized carbons (Fsp3) is 0.429. The van der Waals surface area contributed by atoms with Gasteiger partial charge in [-0.2, -0.15) is 0 Å². The van der Waals surface area contributed by atoms with Crippen LogP contribution in [0.1, 0.15) is 37.3 Å². The van der Waals surface area contributed by atoms with Gasteiger partial charge in [-0.15, -0.1) is 0 Å². The van der Waals surface area contributed by atoms with Crippen LogP contribution in [0.3, 0.4) is 0 Å². The van der Waals surface area contributed by atoms with Crippen molar-refractivity contribution in [3.8, 4) is 0 Å². The molecule has 0 amide bonds. The van der Waals surface area contributed by atoms with E-state index in [1.807, 2.05) is 24.3 Å². The van der Waals surface area contributed by atoms with E-state index in [4.69, 9.17) is 10.2 Å². The molecule has 0 spiro atoms. The summed E-state index contributed by atoms with van der Waals surface area (Å²) in [5, 5.41) is 20.3. The van der Waals surface area contributed by atoms with Crippen molar-refractivity contribution >= 4 is 11.9 Å². The third-order valence-corrected chi connectivity index (χ3v) is 2.88. The van der Waals surface area contributed by atoms with Crippen molar-refractivity contribution in [3.05, 3.63) is 35.4 Å². The normalized spacial score (nSPS) is 12.4. The van der Waals surface area contributed by atoms with Gasteiger partial charge in [0, 0.05) is 6.54 Å². The van der Waals surface area contributed by atoms with E-state index in [9.17, 15) is 9.59 Å². The Hall–Kier alpha value is -1.88. The lowest BCUT2D eigenvalue weighted by molar-refractivity contribution is -0.146. The van der Waals surface area contributed by atoms with Crippen molar-refractivity contribution in [1.82, 2.24) is 5.32 Å². The summed E-state index contributed by atoms with van der Waals surface area (Å²) in [4.78, 5) is 21.4. The molecule has 104 valence electrons. The predicted molar refractivity (Wildman–Crippen MR) is 71.0 cm³/mol. The number of carboxylic acids is 2. The van der Waals surface area contributed by atoms with Crippen molar-refractivity contribution < 1.29 is 19.8 Å². The Morgan fingerprint density at radius 2 is 1.74 bits per heavy atom. The fourth-order valence-electron chi connectivity index (χ4n) is 1.68. The fourth-order valence-corrected chi connectivity index (χ4v) is 1.68. The zero-order valence-electron chi connectivity index (χ0n) is 11.1. The van der Waals surface area contributed by atoms with Crippen molar-refractivity contribution in [2.75, 3.05) is 0 Å². The van der Waals surface area contributed by atoms with Crippen LogP contribution in [0.4, 0.5) is 0 Å². The first kappa shape index (κ1) is 15.2. The topological polar surface area (TPSA) is 86.6 Å². The third kappa shape index (κ3) is 5.09. The van der Waals surface area contributed by atoms with Gasteiger partial charge in [-0.1, -0.05) is 38.1 Å². The molecule has 1 atom stereocenters. The molecule has 19 heavy (non-hydrogen) atoms. The number of hydrogen-bond acceptors (Lipinski definition) is 3. The highest BCUT2D eigenvalue weighted by Crippen LogP contribution is 2.14. The maximum atomic E-state index is 10.9. The van der Waals surface area contributed by atoms with Crippen LogP contribution in [-0.4, -0.2) is 28.2 Å². The minimum atomic E-state index is -1.15. The third-order valence-electron chi connectivity index (χ3n) is 2.88. The highest BCUT2D eigenvalue weighted by Gasteiger charge is 2.19. The quantitative estimate of drug-likeness (QED) is 0.700. The zero-order chi connectivity index (χ0) is 14.4. The first-order valence-electron chi connectivity index (χ1n) is 6.17. The summed E-state index contributed by atoms with van der Waals surface area (Å²) in [5.41, 5.74) is 2.14. The molecule has 1 aromatic carbocycles. The van der Waals surface area contributed by atoms with Gasteiger partial charge in [0.2, 0.25) is 0 Å². The SMILES string of the molecule is CC(C)c1ccc(CNC(CC(=O)O)C(=O)O)cc1. The number of nitrogens with one attached hydrogen (secondary N) is 1. The Morgan fingerprint density at radius 3 is 2.16 bits per heavy atom. The molecule has 5 heteroatoms. The van der Waals surface area contributed by atoms with E-state index >= 15 is 0 Å². The number of rotatable bonds is 7. The number of aliphatic carboxylic acids is 2. The average molecular weight is 265 g/mol. The molecule has 0 aliphatic rings. The maximum absolute atomic E-state index is 10.9. The molecule has 0 aromatic heterocycles. The Morgan fingerprint density at radius 1 is 1.16 bits per heavy atom. The van der Waals surface area contributed by atoms with Crippen LogP contribution in [-0.2, 0) is 16.1 Å². The zero-order valence-corrected chi connectivity index (χ0v) is 11.1. The van der Waals surface area contributed by atoms with E-state index in [1.165, 1.54) is 5.56 Å². The number of hydrogen-bond donors (Lipinski definition) is 3. The molecule has 0 bridgehead atoms. The van der Waals surface area contributed by atoms with Gasteiger partial charge in [0.05, 0.1) is 6.42 Å². The van der Waals surface area contributed by atoms with Gasteiger partial charge < -0.3 is 10.2 Å². The molecule has 3 N–H and O–H groups in total. The second-order valence-electron chi connectivity index (χ2n) is 4.77. The van der Waals surface area contributed by atoms with Crippen molar-refractivity contribution in [3.63, 3.8) is 0 Å². The van der Waals surface area contributed by atoms with E-state index < -0.39 is 24.4 Å². The summed E-state index contributed by atoms with van der Waals surface area (Å²) < 4.78 is 0. The monoisotopic (exact) mass is 265 g/mol. The molecule has 0 saturated carbocycles. The lowest BCUT2D eigenvalue weighted by Gasteiger charge is -2.13. The maximum Gasteiger partial charge on any atom is 0.321 e. The van der Waals surface area contributed by atoms with Gasteiger partial charge >= 0.3 is 11.9 Å². The lowest BCUT2D eigenvalue weighted by atomic mass is 10.0. The molecule has 0 heterocycles. The van der Waals surface area contributed by atoms with E-state index in [1.54, 1.807) is 0 Å². The van der Waals surface area contributed by atoms with Gasteiger partial charge in [0.1, 0.15) is 6.04 Å². The van der Waals surface area contributed by atoms with E-state index in [0.29, 0.717) is 12.5 Å². The molecular weight excluding hydrogens is 246 g/mol. The first-order valence-corrected chi connectivity index (χ1v) is 6.17. The van der Waals surface area contributed by atoms with Gasteiger partial charge in [-0.05, 0) is 17.0 Å². The van der Waals surface area contributed by atoms with E-state index in [0.717, 1.165) is 5.56 Å². The van der Waals surface area contributed by atoms with E-state index in [2.05, 4.69) is 19.2 Å². The largest absolute Gasteiger partial charge is 0.481 e. The van der Waals surface area contributed by atoms with Gasteiger partial charge in [0.25, 0.3) is 0 Å². The molecule has 0 saturated heterocycles. The van der Waals surface area contributed by atoms with Gasteiger partial charge in [-0.25, -0.2) is 0 Å². The molecule has 1 unspecified atom stereocenters. The van der Waals surface area contributed by atoms with E-state index in [-0.39, 0.29) is 0 Å². The summed E-state index contributed by atoms with van der Waals surface area (Å²) in [6.45, 7) is 4.53. The Kier molecular flexibility index (Phi) is 5.51. The van der Waals surface area contributed by atoms with Crippen LogP contribution in [0, 0.1) is 0 Å². The molecule has 5 nitrogen and oxygen atoms in total. The average Bonchev–Trinajstić information content (AvgIpc) is 2.34. The summed E-state index contributed by atoms with van der Waals surface area (Å²) >= 11 is 0. The summed E-state index contributed by atoms with van der Waals surface area (Å²) in [5.74, 6) is -1.84. The number of benzene rings is 1. The number of carboxylic acid groups (broad SMARTS) is 2. The van der Waals surface area contributed by atoms with Crippen LogP contribution < -0.4 is 5.32 Å². The van der Waals surface area contributed by atoms with Crippen LogP contribution in [0.5, 0.6) is 0 Å². The van der Waals surface area contributed by atoms with Crippen molar-refractivity contribution in [2.45, 2.75) is 38.8 Å². The van der Waals surface area contributed by atoms with Crippen LogP contribution in [0.15, 0.2) is 24.3 Å². The molecule has 1 aromatic rings. The molecule has 0 aliphatic carbocycles. The molecule has 0 radical (unpaired) electrons. The van der Waals surface area contributed by atoms with Crippen LogP contribution >= 0.6 is 0 Å².